The van der Waals surface area contributed by atoms with E-state index in [9.17, 15) is 55.2 Å². The molecule has 0 radical (unpaired) electrons. The van der Waals surface area contributed by atoms with Crippen LogP contribution in [0.1, 0.15) is 70.9 Å². The van der Waals surface area contributed by atoms with Crippen LogP contribution < -0.4 is 0 Å². The van der Waals surface area contributed by atoms with Gasteiger partial charge in [-0.15, -0.1) is 0 Å². The number of aromatic hydroxyl groups is 2. The van der Waals surface area contributed by atoms with Gasteiger partial charge in [0.2, 0.25) is 17.9 Å². The molecule has 2 saturated heterocycles. The van der Waals surface area contributed by atoms with E-state index in [1.54, 1.807) is 31.2 Å². The van der Waals surface area contributed by atoms with Gasteiger partial charge in [0.25, 0.3) is 0 Å². The lowest BCUT2D eigenvalue weighted by atomic mass is 9.86. The molecule has 0 aromatic heterocycles. The highest BCUT2D eigenvalue weighted by molar-refractivity contribution is 5.87. The van der Waals surface area contributed by atoms with Crippen LogP contribution in [-0.2, 0) is 55.2 Å². The Bertz CT molecular complexity index is 1930. The summed E-state index contributed by atoms with van der Waals surface area (Å²) in [7, 11) is 0. The zero-order chi connectivity index (χ0) is 47.0. The number of benzene rings is 1. The van der Waals surface area contributed by atoms with E-state index < -0.39 is 104 Å². The predicted molar refractivity (Wildman–Crippen MR) is 230 cm³/mol. The van der Waals surface area contributed by atoms with Gasteiger partial charge >= 0.3 is 11.9 Å². The van der Waals surface area contributed by atoms with Crippen molar-refractivity contribution in [1.29, 1.82) is 0 Å². The number of Topliss-reactive ketones (excluding diaryl/α,β-unsaturated/α-hetero) is 1. The fourth-order valence-electron chi connectivity index (χ4n) is 6.97. The van der Waals surface area contributed by atoms with Crippen LogP contribution in [0.15, 0.2) is 96.7 Å². The molecule has 3 heterocycles. The van der Waals surface area contributed by atoms with E-state index in [1.165, 1.54) is 30.4 Å². The van der Waals surface area contributed by atoms with Gasteiger partial charge in [0.05, 0.1) is 31.0 Å². The van der Waals surface area contributed by atoms with Crippen molar-refractivity contribution < 1.29 is 83.7 Å². The topological polar surface area (TPSA) is 268 Å². The maximum absolute atomic E-state index is 13.4. The first-order valence-electron chi connectivity index (χ1n) is 21.3. The van der Waals surface area contributed by atoms with Crippen molar-refractivity contribution in [2.45, 2.75) is 133 Å². The van der Waals surface area contributed by atoms with Gasteiger partial charge < -0.3 is 69.3 Å². The number of aliphatic hydroxyl groups is 6. The molecule has 17 nitrogen and oxygen atoms in total. The fourth-order valence-corrected chi connectivity index (χ4v) is 6.97. The first kappa shape index (κ1) is 51.8. The molecule has 12 atom stereocenters. The number of rotatable bonds is 21. The molecule has 0 amide bonds. The molecule has 1 aromatic rings. The number of ether oxygens (including phenoxy) is 6. The second-order valence-electron chi connectivity index (χ2n) is 15.8. The van der Waals surface area contributed by atoms with Crippen LogP contribution in [0, 0.1) is 5.92 Å². The number of fused-ring (bicyclic) bond motifs is 2. The molecule has 64 heavy (non-hydrogen) atoms. The Morgan fingerprint density at radius 2 is 1.64 bits per heavy atom. The number of aliphatic hydroxyl groups excluding tert-OH is 6. The standard InChI is InChI=1S/C47H62O17/c1-5-28(3)17-11-9-12-18-29(4)33(51)20-14-10-16-22-38(54)62-44-43(35(25-48)64-47(45(44)58)39-30(26-60-47)23-32(50)24-34(39)52)63-46-42(57)41(56)40(55)36(61-46)27-59-37(53)21-15-8-7-13-19-31(49)6-2/h7-10,12-16,18-19,21-24,28,31,33,35-36,40-41,43-46,48-52,55-56,58H,5-6,11,17,20,25-27H2,1-4H3. The summed E-state index contributed by atoms with van der Waals surface area (Å²) < 4.78 is 34.3. The molecule has 352 valence electrons. The van der Waals surface area contributed by atoms with E-state index in [0.29, 0.717) is 12.3 Å². The van der Waals surface area contributed by atoms with Gasteiger partial charge in [0.1, 0.15) is 48.6 Å². The minimum atomic E-state index is -2.31. The Morgan fingerprint density at radius 3 is 2.36 bits per heavy atom. The second-order valence-corrected chi connectivity index (χ2v) is 15.8. The van der Waals surface area contributed by atoms with E-state index in [-0.39, 0.29) is 29.9 Å². The van der Waals surface area contributed by atoms with Crippen LogP contribution in [0.25, 0.3) is 0 Å². The Balaban J connectivity index is 1.51. The third kappa shape index (κ3) is 13.9. The number of carbonyl (C=O) groups is 3. The van der Waals surface area contributed by atoms with Gasteiger partial charge in [0.15, 0.2) is 12.2 Å². The third-order valence-electron chi connectivity index (χ3n) is 11.0. The molecule has 0 bridgehead atoms. The molecule has 0 saturated carbocycles. The summed E-state index contributed by atoms with van der Waals surface area (Å²) in [5.41, 5.74) is 0.796. The van der Waals surface area contributed by atoms with E-state index in [1.807, 2.05) is 19.1 Å². The van der Waals surface area contributed by atoms with E-state index in [4.69, 9.17) is 28.4 Å². The van der Waals surface area contributed by atoms with Crippen molar-refractivity contribution in [3.63, 3.8) is 0 Å². The SMILES string of the molecule is CCC(O)C=CC=CC=CC(=O)OCC1OC(OC2C(CO)OC3(OCc4cc(O)cc(O)c43)C(O)C2OC(=O)C=CC=CCC(O)C(C)=CC=CCCC(C)CC)C(=O)C(O)C1O. The van der Waals surface area contributed by atoms with Crippen LogP contribution in [0.5, 0.6) is 11.5 Å². The Kier molecular flexibility index (Phi) is 20.3. The summed E-state index contributed by atoms with van der Waals surface area (Å²) in [6.45, 7) is 6.06. The number of phenolic OH excluding ortho intramolecular Hbond substituents is 2. The van der Waals surface area contributed by atoms with Crippen molar-refractivity contribution >= 4 is 17.7 Å². The largest absolute Gasteiger partial charge is 0.508 e. The van der Waals surface area contributed by atoms with Crippen molar-refractivity contribution in [3.05, 3.63) is 108 Å². The summed E-state index contributed by atoms with van der Waals surface area (Å²) in [6, 6.07) is 2.22. The van der Waals surface area contributed by atoms with Crippen molar-refractivity contribution in [2.24, 2.45) is 5.92 Å². The smallest absolute Gasteiger partial charge is 0.331 e. The average molecular weight is 899 g/mol. The van der Waals surface area contributed by atoms with Gasteiger partial charge in [-0.3, -0.25) is 4.79 Å². The number of esters is 2. The molecule has 2 fully saturated rings. The van der Waals surface area contributed by atoms with Crippen molar-refractivity contribution in [2.75, 3.05) is 13.2 Å². The second kappa shape index (κ2) is 25.1. The number of phenols is 2. The van der Waals surface area contributed by atoms with Gasteiger partial charge in [-0.2, -0.15) is 0 Å². The predicted octanol–water partition coefficient (Wildman–Crippen LogP) is 3.02. The average Bonchev–Trinajstić information content (AvgIpc) is 3.64. The fraction of sp³-hybridized carbons (Fsp3) is 0.511. The first-order chi connectivity index (χ1) is 30.6. The molecule has 4 rings (SSSR count). The molecule has 17 heteroatoms. The summed E-state index contributed by atoms with van der Waals surface area (Å²) >= 11 is 0. The Labute approximate surface area is 372 Å². The van der Waals surface area contributed by atoms with Crippen LogP contribution in [0.4, 0.5) is 0 Å². The molecule has 1 spiro atoms. The molecule has 1 aromatic carbocycles. The minimum absolute atomic E-state index is 0.138. The van der Waals surface area contributed by atoms with Gasteiger partial charge in [-0.05, 0) is 55.7 Å². The number of carbonyl (C=O) groups excluding carboxylic acids is 3. The molecular formula is C47H62O17. The van der Waals surface area contributed by atoms with Crippen LogP contribution in [0.2, 0.25) is 0 Å². The Hall–Kier alpha value is -4.79. The Morgan fingerprint density at radius 1 is 0.922 bits per heavy atom. The van der Waals surface area contributed by atoms with E-state index >= 15 is 0 Å². The van der Waals surface area contributed by atoms with Gasteiger partial charge in [0, 0.05) is 18.2 Å². The van der Waals surface area contributed by atoms with Crippen LogP contribution in [0.3, 0.4) is 0 Å². The van der Waals surface area contributed by atoms with Crippen LogP contribution in [-0.4, -0.2) is 133 Å². The highest BCUT2D eigenvalue weighted by atomic mass is 16.8. The zero-order valence-corrected chi connectivity index (χ0v) is 36.4. The monoisotopic (exact) mass is 898 g/mol. The quantitative estimate of drug-likeness (QED) is 0.0501. The maximum Gasteiger partial charge on any atom is 0.331 e. The molecule has 12 unspecified atom stereocenters. The lowest BCUT2D eigenvalue weighted by Gasteiger charge is -2.49. The van der Waals surface area contributed by atoms with Gasteiger partial charge in [-0.1, -0.05) is 94.0 Å². The lowest BCUT2D eigenvalue weighted by molar-refractivity contribution is -0.383. The molecule has 0 aliphatic carbocycles. The third-order valence-corrected chi connectivity index (χ3v) is 11.0. The van der Waals surface area contributed by atoms with Crippen LogP contribution >= 0.6 is 0 Å². The number of allylic oxidation sites excluding steroid dienone is 9. The van der Waals surface area contributed by atoms with E-state index in [0.717, 1.165) is 43.1 Å². The van der Waals surface area contributed by atoms with Crippen molar-refractivity contribution in [1.82, 2.24) is 0 Å². The van der Waals surface area contributed by atoms with E-state index in [2.05, 4.69) is 19.9 Å². The molecular weight excluding hydrogens is 836 g/mol. The summed E-state index contributed by atoms with van der Waals surface area (Å²) in [5, 5.41) is 85.1. The highest BCUT2D eigenvalue weighted by Crippen LogP contribution is 2.51. The number of ketones is 1. The minimum Gasteiger partial charge on any atom is -0.508 e. The molecule has 8 N–H and O–H groups in total. The number of hydrogen-bond acceptors (Lipinski definition) is 17. The first-order valence-corrected chi connectivity index (χ1v) is 21.3. The van der Waals surface area contributed by atoms with Gasteiger partial charge in [-0.25, -0.2) is 9.59 Å². The lowest BCUT2D eigenvalue weighted by Crippen LogP contribution is -2.67. The molecule has 3 aliphatic rings. The summed E-state index contributed by atoms with van der Waals surface area (Å²) in [6.07, 6.45) is 7.42. The summed E-state index contributed by atoms with van der Waals surface area (Å²) in [4.78, 5) is 39.0. The zero-order valence-electron chi connectivity index (χ0n) is 36.4. The maximum atomic E-state index is 13.4. The number of hydrogen-bond donors (Lipinski definition) is 8. The summed E-state index contributed by atoms with van der Waals surface area (Å²) in [5.74, 6) is -5.70. The van der Waals surface area contributed by atoms with Crippen molar-refractivity contribution in [3.8, 4) is 11.5 Å². The molecule has 3 aliphatic heterocycles. The highest BCUT2D eigenvalue weighted by Gasteiger charge is 2.63. The normalized spacial score (nSPS) is 29.2.